The lowest BCUT2D eigenvalue weighted by molar-refractivity contribution is -0.130. The molecule has 6 heteroatoms. The van der Waals surface area contributed by atoms with Gasteiger partial charge in [0, 0.05) is 23.9 Å². The Hall–Kier alpha value is -1.43. The van der Waals surface area contributed by atoms with Crippen molar-refractivity contribution in [3.8, 4) is 0 Å². The Labute approximate surface area is 147 Å². The smallest absolute Gasteiger partial charge is 0.225 e. The van der Waals surface area contributed by atoms with Crippen LogP contribution in [0.1, 0.15) is 61.0 Å². The fourth-order valence-electron chi connectivity index (χ4n) is 3.76. The maximum absolute atomic E-state index is 12.5. The molecule has 0 aromatic carbocycles. The summed E-state index contributed by atoms with van der Waals surface area (Å²) in [5.41, 5.74) is 1.01. The number of likely N-dealkylation sites (tertiary alicyclic amines) is 1. The third-order valence-corrected chi connectivity index (χ3v) is 6.34. The van der Waals surface area contributed by atoms with Gasteiger partial charge in [-0.3, -0.25) is 9.59 Å². The number of aryl methyl sites for hydroxylation is 2. The van der Waals surface area contributed by atoms with E-state index in [0.29, 0.717) is 25.6 Å². The van der Waals surface area contributed by atoms with E-state index in [2.05, 4.69) is 17.2 Å². The van der Waals surface area contributed by atoms with E-state index in [1.807, 2.05) is 11.8 Å². The van der Waals surface area contributed by atoms with E-state index in [0.717, 1.165) is 41.3 Å². The van der Waals surface area contributed by atoms with Crippen LogP contribution in [0.4, 0.5) is 0 Å². The first-order valence-corrected chi connectivity index (χ1v) is 9.92. The van der Waals surface area contributed by atoms with Crippen LogP contribution in [0, 0.1) is 12.8 Å². The molecule has 2 fully saturated rings. The highest BCUT2D eigenvalue weighted by atomic mass is 32.1. The Kier molecular flexibility index (Phi) is 5.54. The zero-order valence-corrected chi connectivity index (χ0v) is 15.5. The van der Waals surface area contributed by atoms with Crippen molar-refractivity contribution in [1.29, 1.82) is 0 Å². The van der Waals surface area contributed by atoms with Gasteiger partial charge < -0.3 is 10.2 Å². The van der Waals surface area contributed by atoms with Crippen LogP contribution in [0.15, 0.2) is 0 Å². The van der Waals surface area contributed by atoms with Crippen LogP contribution in [-0.2, 0) is 22.6 Å². The number of rotatable bonds is 6. The molecule has 132 valence electrons. The molecule has 1 saturated carbocycles. The SMILES string of the molecule is CCCc1nc(C)c(CNC(=O)C2CC(=O)N(C3CCCC3)C2)s1. The van der Waals surface area contributed by atoms with Crippen LogP contribution in [0.2, 0.25) is 0 Å². The summed E-state index contributed by atoms with van der Waals surface area (Å²) in [7, 11) is 0. The average molecular weight is 350 g/mol. The topological polar surface area (TPSA) is 62.3 Å². The van der Waals surface area contributed by atoms with Gasteiger partial charge in [-0.2, -0.15) is 0 Å². The molecule has 1 aliphatic carbocycles. The van der Waals surface area contributed by atoms with E-state index in [9.17, 15) is 9.59 Å². The van der Waals surface area contributed by atoms with Gasteiger partial charge in [-0.05, 0) is 32.6 Å². The molecule has 2 amide bonds. The minimum atomic E-state index is -0.193. The van der Waals surface area contributed by atoms with Gasteiger partial charge in [0.05, 0.1) is 23.2 Å². The van der Waals surface area contributed by atoms with Crippen molar-refractivity contribution < 1.29 is 9.59 Å². The summed E-state index contributed by atoms with van der Waals surface area (Å²) in [6, 6.07) is 0.371. The fraction of sp³-hybridized carbons (Fsp3) is 0.722. The summed E-state index contributed by atoms with van der Waals surface area (Å²) in [6.07, 6.45) is 7.05. The Morgan fingerprint density at radius 1 is 1.38 bits per heavy atom. The predicted octanol–water partition coefficient (Wildman–Crippen LogP) is 2.81. The molecule has 1 aliphatic heterocycles. The van der Waals surface area contributed by atoms with Gasteiger partial charge in [0.25, 0.3) is 0 Å². The minimum absolute atomic E-state index is 0.00804. The average Bonchev–Trinajstić information content (AvgIpc) is 3.26. The van der Waals surface area contributed by atoms with E-state index >= 15 is 0 Å². The second kappa shape index (κ2) is 7.64. The minimum Gasteiger partial charge on any atom is -0.351 e. The highest BCUT2D eigenvalue weighted by Gasteiger charge is 2.38. The van der Waals surface area contributed by atoms with Gasteiger partial charge >= 0.3 is 0 Å². The molecule has 1 N–H and O–H groups in total. The zero-order chi connectivity index (χ0) is 17.1. The largest absolute Gasteiger partial charge is 0.351 e. The van der Waals surface area contributed by atoms with Gasteiger partial charge in [0.2, 0.25) is 11.8 Å². The molecular formula is C18H27N3O2S. The van der Waals surface area contributed by atoms with Crippen molar-refractivity contribution in [3.05, 3.63) is 15.6 Å². The molecule has 3 rings (SSSR count). The maximum atomic E-state index is 12.5. The van der Waals surface area contributed by atoms with Gasteiger partial charge in [0.15, 0.2) is 0 Å². The summed E-state index contributed by atoms with van der Waals surface area (Å²) in [4.78, 5) is 32.3. The number of aromatic nitrogens is 1. The molecule has 5 nitrogen and oxygen atoms in total. The van der Waals surface area contributed by atoms with E-state index in [4.69, 9.17) is 0 Å². The van der Waals surface area contributed by atoms with E-state index in [1.165, 1.54) is 12.8 Å². The lowest BCUT2D eigenvalue weighted by Gasteiger charge is -2.23. The van der Waals surface area contributed by atoms with Crippen molar-refractivity contribution in [2.75, 3.05) is 6.54 Å². The van der Waals surface area contributed by atoms with Crippen LogP contribution < -0.4 is 5.32 Å². The monoisotopic (exact) mass is 349 g/mol. The highest BCUT2D eigenvalue weighted by Crippen LogP contribution is 2.29. The molecule has 1 aromatic heterocycles. The molecule has 1 saturated heterocycles. The molecule has 1 aromatic rings. The van der Waals surface area contributed by atoms with Crippen molar-refractivity contribution in [2.45, 2.75) is 71.4 Å². The van der Waals surface area contributed by atoms with Gasteiger partial charge in [-0.1, -0.05) is 19.8 Å². The normalized spacial score (nSPS) is 21.7. The first-order valence-electron chi connectivity index (χ1n) is 9.10. The molecule has 2 heterocycles. The Morgan fingerprint density at radius 2 is 2.12 bits per heavy atom. The lowest BCUT2D eigenvalue weighted by atomic mass is 10.1. The predicted molar refractivity (Wildman–Crippen MR) is 94.8 cm³/mol. The highest BCUT2D eigenvalue weighted by molar-refractivity contribution is 7.11. The molecular weight excluding hydrogens is 322 g/mol. The molecule has 2 aliphatic rings. The first kappa shape index (κ1) is 17.4. The Bertz CT molecular complexity index is 607. The number of carbonyl (C=O) groups excluding carboxylic acids is 2. The zero-order valence-electron chi connectivity index (χ0n) is 14.6. The van der Waals surface area contributed by atoms with Crippen molar-refractivity contribution >= 4 is 23.2 Å². The van der Waals surface area contributed by atoms with Crippen LogP contribution >= 0.6 is 11.3 Å². The van der Waals surface area contributed by atoms with Crippen LogP contribution in [-0.4, -0.2) is 34.3 Å². The number of carbonyl (C=O) groups is 2. The summed E-state index contributed by atoms with van der Waals surface area (Å²) in [6.45, 7) is 5.27. The quantitative estimate of drug-likeness (QED) is 0.859. The van der Waals surface area contributed by atoms with E-state index < -0.39 is 0 Å². The van der Waals surface area contributed by atoms with Gasteiger partial charge in [0.1, 0.15) is 0 Å². The lowest BCUT2D eigenvalue weighted by Crippen LogP contribution is -2.36. The summed E-state index contributed by atoms with van der Waals surface area (Å²) in [5, 5.41) is 4.16. The number of hydrogen-bond acceptors (Lipinski definition) is 4. The summed E-state index contributed by atoms with van der Waals surface area (Å²) < 4.78 is 0. The molecule has 1 atom stereocenters. The Balaban J connectivity index is 1.53. The molecule has 0 bridgehead atoms. The summed E-state index contributed by atoms with van der Waals surface area (Å²) >= 11 is 1.69. The fourth-order valence-corrected chi connectivity index (χ4v) is 4.87. The van der Waals surface area contributed by atoms with Crippen LogP contribution in [0.5, 0.6) is 0 Å². The van der Waals surface area contributed by atoms with Crippen LogP contribution in [0.3, 0.4) is 0 Å². The van der Waals surface area contributed by atoms with E-state index in [1.54, 1.807) is 11.3 Å². The van der Waals surface area contributed by atoms with Crippen molar-refractivity contribution in [1.82, 2.24) is 15.2 Å². The standard InChI is InChI=1S/C18H27N3O2S/c1-3-6-16-20-12(2)15(24-16)10-19-18(23)13-9-17(22)21(11-13)14-7-4-5-8-14/h13-14H,3-11H2,1-2H3,(H,19,23). The van der Waals surface area contributed by atoms with Gasteiger partial charge in [-0.25, -0.2) is 4.98 Å². The first-order chi connectivity index (χ1) is 11.6. The number of nitrogens with zero attached hydrogens (tertiary/aromatic N) is 2. The van der Waals surface area contributed by atoms with E-state index in [-0.39, 0.29) is 17.7 Å². The van der Waals surface area contributed by atoms with Crippen molar-refractivity contribution in [2.24, 2.45) is 5.92 Å². The summed E-state index contributed by atoms with van der Waals surface area (Å²) in [5.74, 6) is -0.0311. The number of thiazole rings is 1. The van der Waals surface area contributed by atoms with Gasteiger partial charge in [-0.15, -0.1) is 11.3 Å². The van der Waals surface area contributed by atoms with Crippen LogP contribution in [0.25, 0.3) is 0 Å². The maximum Gasteiger partial charge on any atom is 0.225 e. The third-order valence-electron chi connectivity index (χ3n) is 5.12. The molecule has 0 spiro atoms. The molecule has 0 radical (unpaired) electrons. The third kappa shape index (κ3) is 3.79. The number of hydrogen-bond donors (Lipinski definition) is 1. The Morgan fingerprint density at radius 3 is 2.83 bits per heavy atom. The number of amides is 2. The molecule has 24 heavy (non-hydrogen) atoms. The second-order valence-corrected chi connectivity index (χ2v) is 8.14. The van der Waals surface area contributed by atoms with Crippen molar-refractivity contribution in [3.63, 3.8) is 0 Å². The molecule has 1 unspecified atom stereocenters. The second-order valence-electron chi connectivity index (χ2n) is 6.97. The number of nitrogens with one attached hydrogen (secondary N) is 1.